The summed E-state index contributed by atoms with van der Waals surface area (Å²) < 4.78 is 0. The monoisotopic (exact) mass is 301 g/mol. The first-order valence-corrected chi connectivity index (χ1v) is 9.04. The summed E-state index contributed by atoms with van der Waals surface area (Å²) in [4.78, 5) is 4.40. The van der Waals surface area contributed by atoms with E-state index in [0.717, 1.165) is 0 Å². The molecule has 1 aliphatic carbocycles. The van der Waals surface area contributed by atoms with Crippen LogP contribution in [-0.2, 0) is 11.8 Å². The van der Waals surface area contributed by atoms with E-state index in [9.17, 15) is 0 Å². The van der Waals surface area contributed by atoms with Crippen LogP contribution in [0.4, 0.5) is 0 Å². The third-order valence-electron chi connectivity index (χ3n) is 3.85. The zero-order chi connectivity index (χ0) is 17.2. The van der Waals surface area contributed by atoms with Crippen LogP contribution in [0.1, 0.15) is 79.4 Å². The summed E-state index contributed by atoms with van der Waals surface area (Å²) >= 11 is 0. The van der Waals surface area contributed by atoms with Gasteiger partial charge in [-0.3, -0.25) is 4.98 Å². The smallest absolute Gasteiger partial charge is 0.0346 e. The zero-order valence-corrected chi connectivity index (χ0v) is 16.0. The molecule has 1 aliphatic rings. The normalized spacial score (nSPS) is 14.2. The molecule has 1 aromatic heterocycles. The van der Waals surface area contributed by atoms with Crippen LogP contribution in [0.25, 0.3) is 10.8 Å². The standard InChI is InChI=1S/C15H17N.3C2H6/c1-15(2)8-4-7-11-5-3-6-12-9-16-10-13(15)14(11)12;3*1-2/h3,5-6,9-10H,4,7-8H2,1-2H3;3*1-2H3. The molecule has 0 saturated carbocycles. The van der Waals surface area contributed by atoms with Crippen molar-refractivity contribution in [3.8, 4) is 0 Å². The summed E-state index contributed by atoms with van der Waals surface area (Å²) in [6.07, 6.45) is 7.79. The zero-order valence-electron chi connectivity index (χ0n) is 16.0. The summed E-state index contributed by atoms with van der Waals surface area (Å²) in [5.41, 5.74) is 3.19. The van der Waals surface area contributed by atoms with Crippen LogP contribution in [0.15, 0.2) is 30.6 Å². The van der Waals surface area contributed by atoms with Crippen LogP contribution in [-0.4, -0.2) is 4.98 Å². The Labute approximate surface area is 138 Å². The first-order chi connectivity index (χ1) is 10.7. The number of nitrogens with zero attached hydrogens (tertiary/aromatic N) is 1. The van der Waals surface area contributed by atoms with Gasteiger partial charge in [0.25, 0.3) is 0 Å². The number of rotatable bonds is 0. The van der Waals surface area contributed by atoms with Gasteiger partial charge in [-0.15, -0.1) is 0 Å². The number of aryl methyl sites for hydroxylation is 1. The van der Waals surface area contributed by atoms with E-state index >= 15 is 0 Å². The van der Waals surface area contributed by atoms with Gasteiger partial charge in [-0.1, -0.05) is 73.6 Å². The number of hydrogen-bond donors (Lipinski definition) is 0. The summed E-state index contributed by atoms with van der Waals surface area (Å²) in [5.74, 6) is 0. The SMILES string of the molecule is CC.CC.CC.CC1(C)CCCc2cccc3cncc1c23. The summed E-state index contributed by atoms with van der Waals surface area (Å²) in [6.45, 7) is 16.7. The van der Waals surface area contributed by atoms with Crippen LogP contribution in [0.3, 0.4) is 0 Å². The minimum Gasteiger partial charge on any atom is -0.264 e. The molecule has 0 N–H and O–H groups in total. The highest BCUT2D eigenvalue weighted by Gasteiger charge is 2.26. The van der Waals surface area contributed by atoms with E-state index in [4.69, 9.17) is 0 Å². The summed E-state index contributed by atoms with van der Waals surface area (Å²) in [6, 6.07) is 6.60. The fourth-order valence-electron chi connectivity index (χ4n) is 2.89. The van der Waals surface area contributed by atoms with Gasteiger partial charge in [-0.2, -0.15) is 0 Å². The fraction of sp³-hybridized carbons (Fsp3) is 0.571. The van der Waals surface area contributed by atoms with Crippen LogP contribution in [0, 0.1) is 0 Å². The molecule has 22 heavy (non-hydrogen) atoms. The second-order valence-corrected chi connectivity index (χ2v) is 5.44. The lowest BCUT2D eigenvalue weighted by molar-refractivity contribution is 0.470. The van der Waals surface area contributed by atoms with Gasteiger partial charge in [0.1, 0.15) is 0 Å². The number of hydrogen-bond acceptors (Lipinski definition) is 1. The van der Waals surface area contributed by atoms with Crippen LogP contribution in [0.5, 0.6) is 0 Å². The molecule has 2 aromatic rings. The van der Waals surface area contributed by atoms with Crippen molar-refractivity contribution in [2.75, 3.05) is 0 Å². The molecule has 124 valence electrons. The Bertz CT molecular complexity index is 535. The summed E-state index contributed by atoms with van der Waals surface area (Å²) in [7, 11) is 0. The van der Waals surface area contributed by atoms with Crippen molar-refractivity contribution in [2.24, 2.45) is 0 Å². The molecule has 0 aliphatic heterocycles. The highest BCUT2D eigenvalue weighted by molar-refractivity contribution is 5.89. The van der Waals surface area contributed by atoms with Crippen LogP contribution in [0.2, 0.25) is 0 Å². The Morgan fingerprint density at radius 3 is 2.18 bits per heavy atom. The first kappa shape index (κ1) is 20.6. The second-order valence-electron chi connectivity index (χ2n) is 5.44. The van der Waals surface area contributed by atoms with E-state index in [1.807, 2.05) is 47.7 Å². The predicted octanol–water partition coefficient (Wildman–Crippen LogP) is 6.93. The number of aromatic nitrogens is 1. The molecule has 0 amide bonds. The molecule has 1 aromatic carbocycles. The van der Waals surface area contributed by atoms with Gasteiger partial charge in [0.15, 0.2) is 0 Å². The van der Waals surface area contributed by atoms with Gasteiger partial charge in [-0.05, 0) is 41.2 Å². The van der Waals surface area contributed by atoms with Crippen molar-refractivity contribution >= 4 is 10.8 Å². The van der Waals surface area contributed by atoms with Crippen molar-refractivity contribution in [3.05, 3.63) is 41.7 Å². The molecule has 0 spiro atoms. The van der Waals surface area contributed by atoms with E-state index in [1.54, 1.807) is 0 Å². The molecular weight excluding hydrogens is 266 g/mol. The molecule has 0 unspecified atom stereocenters. The van der Waals surface area contributed by atoms with Crippen LogP contribution < -0.4 is 0 Å². The average molecular weight is 302 g/mol. The minimum absolute atomic E-state index is 0.263. The topological polar surface area (TPSA) is 12.9 Å². The molecule has 0 atom stereocenters. The molecule has 0 saturated heterocycles. The van der Waals surface area contributed by atoms with E-state index in [-0.39, 0.29) is 5.41 Å². The first-order valence-electron chi connectivity index (χ1n) is 9.04. The molecule has 1 heterocycles. The average Bonchev–Trinajstić information content (AvgIpc) is 2.72. The number of pyridine rings is 1. The minimum atomic E-state index is 0.263. The van der Waals surface area contributed by atoms with Crippen molar-refractivity contribution < 1.29 is 0 Å². The van der Waals surface area contributed by atoms with Gasteiger partial charge >= 0.3 is 0 Å². The van der Waals surface area contributed by atoms with E-state index in [1.165, 1.54) is 41.2 Å². The van der Waals surface area contributed by atoms with Gasteiger partial charge in [0, 0.05) is 17.8 Å². The lowest BCUT2D eigenvalue weighted by atomic mass is 9.81. The lowest BCUT2D eigenvalue weighted by Gasteiger charge is -2.24. The molecule has 0 bridgehead atoms. The molecular formula is C21H35N. The Balaban J connectivity index is 0.000000661. The molecule has 0 radical (unpaired) electrons. The van der Waals surface area contributed by atoms with E-state index < -0.39 is 0 Å². The predicted molar refractivity (Wildman–Crippen MR) is 102 cm³/mol. The Morgan fingerprint density at radius 1 is 0.909 bits per heavy atom. The molecule has 0 fully saturated rings. The van der Waals surface area contributed by atoms with Crippen molar-refractivity contribution in [1.29, 1.82) is 0 Å². The van der Waals surface area contributed by atoms with Crippen molar-refractivity contribution in [1.82, 2.24) is 4.98 Å². The van der Waals surface area contributed by atoms with Gasteiger partial charge in [-0.25, -0.2) is 0 Å². The fourth-order valence-corrected chi connectivity index (χ4v) is 2.89. The third-order valence-corrected chi connectivity index (χ3v) is 3.85. The van der Waals surface area contributed by atoms with Crippen molar-refractivity contribution in [3.63, 3.8) is 0 Å². The van der Waals surface area contributed by atoms with Gasteiger partial charge in [0.05, 0.1) is 0 Å². The number of benzene rings is 1. The maximum absolute atomic E-state index is 4.40. The molecule has 1 nitrogen and oxygen atoms in total. The maximum Gasteiger partial charge on any atom is 0.0346 e. The lowest BCUT2D eigenvalue weighted by Crippen LogP contribution is -2.16. The maximum atomic E-state index is 4.40. The quantitative estimate of drug-likeness (QED) is 0.514. The van der Waals surface area contributed by atoms with Gasteiger partial charge in [0.2, 0.25) is 0 Å². The Kier molecular flexibility index (Phi) is 9.73. The molecule has 3 rings (SSSR count). The second kappa shape index (κ2) is 10.4. The largest absolute Gasteiger partial charge is 0.264 e. The Hall–Kier alpha value is -1.37. The van der Waals surface area contributed by atoms with Crippen LogP contribution >= 0.6 is 0 Å². The third kappa shape index (κ3) is 4.56. The van der Waals surface area contributed by atoms with E-state index in [0.29, 0.717) is 0 Å². The summed E-state index contributed by atoms with van der Waals surface area (Å²) in [5, 5.41) is 2.75. The highest BCUT2D eigenvalue weighted by Crippen LogP contribution is 2.38. The van der Waals surface area contributed by atoms with E-state index in [2.05, 4.69) is 43.2 Å². The highest BCUT2D eigenvalue weighted by atomic mass is 14.6. The van der Waals surface area contributed by atoms with Gasteiger partial charge < -0.3 is 0 Å². The van der Waals surface area contributed by atoms with Crippen molar-refractivity contribution in [2.45, 2.75) is 80.1 Å². The Morgan fingerprint density at radius 2 is 1.55 bits per heavy atom. The molecule has 1 heteroatoms.